The molecule has 9 heteroatoms. The fourth-order valence-corrected chi connectivity index (χ4v) is 6.42. The van der Waals surface area contributed by atoms with Crippen LogP contribution in [0.15, 0.2) is 60.7 Å². The summed E-state index contributed by atoms with van der Waals surface area (Å²) in [7, 11) is 0. The molecule has 2 aromatic carbocycles. The number of ether oxygens (including phenoxy) is 1. The highest BCUT2D eigenvalue weighted by Crippen LogP contribution is 2.57. The van der Waals surface area contributed by atoms with Crippen molar-refractivity contribution in [3.05, 3.63) is 98.2 Å². The molecule has 0 radical (unpaired) electrons. The Bertz CT molecular complexity index is 1300. The number of rotatable bonds is 2. The van der Waals surface area contributed by atoms with Crippen LogP contribution in [-0.2, 0) is 18.0 Å². The lowest BCUT2D eigenvalue weighted by Crippen LogP contribution is -2.38. The van der Waals surface area contributed by atoms with Crippen LogP contribution in [-0.4, -0.2) is 0 Å². The number of hydrogen-bond acceptors (Lipinski definition) is 3. The molecule has 0 unspecified atom stereocenters. The average Bonchev–Trinajstić information content (AvgIpc) is 3.33. The Morgan fingerprint density at radius 2 is 1.09 bits per heavy atom. The summed E-state index contributed by atoms with van der Waals surface area (Å²) in [4.78, 5) is 3.74. The Kier molecular flexibility index (Phi) is 5.15. The number of halogens is 6. The van der Waals surface area contributed by atoms with Gasteiger partial charge in [0.2, 0.25) is 0 Å². The van der Waals surface area contributed by atoms with Crippen molar-refractivity contribution in [3.8, 4) is 15.5 Å². The van der Waals surface area contributed by atoms with E-state index in [1.165, 1.54) is 46.9 Å². The van der Waals surface area contributed by atoms with E-state index in [2.05, 4.69) is 0 Å². The lowest BCUT2D eigenvalue weighted by molar-refractivity contribution is -0.138. The highest BCUT2D eigenvalue weighted by atomic mass is 32.1. The van der Waals surface area contributed by atoms with E-state index in [-0.39, 0.29) is 0 Å². The lowest BCUT2D eigenvalue weighted by atomic mass is 9.78. The molecule has 1 nitrogen and oxygen atoms in total. The predicted octanol–water partition coefficient (Wildman–Crippen LogP) is 8.82. The van der Waals surface area contributed by atoms with Crippen molar-refractivity contribution in [2.75, 3.05) is 0 Å². The van der Waals surface area contributed by atoms with Gasteiger partial charge in [0.25, 0.3) is 0 Å². The summed E-state index contributed by atoms with van der Waals surface area (Å²) in [6.07, 6.45) is -9.04. The molecular weight excluding hydrogens is 494 g/mol. The topological polar surface area (TPSA) is 9.23 Å². The van der Waals surface area contributed by atoms with Crippen LogP contribution >= 0.6 is 22.7 Å². The normalized spacial score (nSPS) is 14.9. The molecule has 3 heterocycles. The van der Waals surface area contributed by atoms with Gasteiger partial charge in [-0.1, -0.05) is 24.3 Å². The molecule has 4 aromatic rings. The molecule has 1 aliphatic heterocycles. The molecule has 2 aromatic heterocycles. The van der Waals surface area contributed by atoms with E-state index in [4.69, 9.17) is 4.74 Å². The van der Waals surface area contributed by atoms with E-state index in [0.717, 1.165) is 43.8 Å². The van der Waals surface area contributed by atoms with Gasteiger partial charge >= 0.3 is 12.4 Å². The van der Waals surface area contributed by atoms with Gasteiger partial charge < -0.3 is 4.74 Å². The van der Waals surface area contributed by atoms with Crippen molar-refractivity contribution < 1.29 is 31.1 Å². The summed E-state index contributed by atoms with van der Waals surface area (Å²) in [6.45, 7) is 3.83. The first-order valence-corrected chi connectivity index (χ1v) is 11.8. The van der Waals surface area contributed by atoms with Gasteiger partial charge in [0.15, 0.2) is 5.60 Å². The molecule has 0 bridgehead atoms. The van der Waals surface area contributed by atoms with Crippen molar-refractivity contribution >= 4 is 22.7 Å². The third-order valence-corrected chi connectivity index (χ3v) is 8.01. The predicted molar refractivity (Wildman–Crippen MR) is 121 cm³/mol. The summed E-state index contributed by atoms with van der Waals surface area (Å²) < 4.78 is 86.0. The minimum absolute atomic E-state index is 0.397. The molecule has 176 valence electrons. The van der Waals surface area contributed by atoms with Crippen molar-refractivity contribution in [3.63, 3.8) is 0 Å². The maximum absolute atomic E-state index is 13.2. The highest BCUT2D eigenvalue weighted by Gasteiger charge is 2.47. The first kappa shape index (κ1) is 23.0. The van der Waals surface area contributed by atoms with Gasteiger partial charge in [-0.15, -0.1) is 22.7 Å². The minimum Gasteiger partial charge on any atom is -0.471 e. The second kappa shape index (κ2) is 7.61. The van der Waals surface area contributed by atoms with Crippen LogP contribution in [0.5, 0.6) is 5.75 Å². The fraction of sp³-hybridized carbons (Fsp3) is 0.200. The van der Waals surface area contributed by atoms with Gasteiger partial charge in [-0.2, -0.15) is 26.3 Å². The molecule has 0 saturated heterocycles. The third kappa shape index (κ3) is 3.62. The van der Waals surface area contributed by atoms with Gasteiger partial charge in [-0.25, -0.2) is 0 Å². The SMILES string of the molecule is Cc1cc2c(s1)-c1sc(C)cc1C(c1ccc(C(F)(F)F)cc1)(c1ccc(C(F)(F)F)cc1)O2. The minimum atomic E-state index is -4.52. The molecule has 0 amide bonds. The Morgan fingerprint density at radius 1 is 0.647 bits per heavy atom. The molecule has 0 saturated carbocycles. The number of thiophene rings is 2. The Hall–Kier alpha value is -2.78. The van der Waals surface area contributed by atoms with Gasteiger partial charge in [0.05, 0.1) is 20.9 Å². The van der Waals surface area contributed by atoms with Gasteiger partial charge in [0, 0.05) is 26.4 Å². The number of benzene rings is 2. The second-order valence-corrected chi connectivity index (χ2v) is 10.6. The zero-order valence-corrected chi connectivity index (χ0v) is 19.4. The van der Waals surface area contributed by atoms with Crippen LogP contribution in [0.3, 0.4) is 0 Å². The summed E-state index contributed by atoms with van der Waals surface area (Å²) in [5.74, 6) is 0.552. The molecule has 0 atom stereocenters. The molecule has 34 heavy (non-hydrogen) atoms. The summed E-state index contributed by atoms with van der Waals surface area (Å²) in [5, 5.41) is 0. The molecule has 0 fully saturated rings. The van der Waals surface area contributed by atoms with E-state index < -0.39 is 29.1 Å². The number of hydrogen-bond donors (Lipinski definition) is 0. The van der Waals surface area contributed by atoms with Crippen LogP contribution in [0.2, 0.25) is 0 Å². The molecular formula is C25H16F6OS2. The Labute approximate surface area is 199 Å². The zero-order valence-electron chi connectivity index (χ0n) is 17.8. The quantitative estimate of drug-likeness (QED) is 0.245. The number of aryl methyl sites for hydroxylation is 2. The van der Waals surface area contributed by atoms with Crippen molar-refractivity contribution in [1.29, 1.82) is 0 Å². The summed E-state index contributed by atoms with van der Waals surface area (Å²) in [5.41, 5.74) is -1.55. The fourth-order valence-electron chi connectivity index (χ4n) is 4.27. The summed E-state index contributed by atoms with van der Waals surface area (Å²) in [6, 6.07) is 13.0. The monoisotopic (exact) mass is 510 g/mol. The molecule has 0 N–H and O–H groups in total. The van der Waals surface area contributed by atoms with Crippen LogP contribution in [0.25, 0.3) is 9.75 Å². The highest BCUT2D eigenvalue weighted by molar-refractivity contribution is 7.22. The number of fused-ring (bicyclic) bond motifs is 3. The van der Waals surface area contributed by atoms with E-state index in [1.807, 2.05) is 26.0 Å². The van der Waals surface area contributed by atoms with Crippen LogP contribution < -0.4 is 4.74 Å². The lowest BCUT2D eigenvalue weighted by Gasteiger charge is -2.39. The molecule has 0 spiro atoms. The molecule has 0 aliphatic carbocycles. The molecule has 1 aliphatic rings. The van der Waals surface area contributed by atoms with Crippen molar-refractivity contribution in [2.45, 2.75) is 31.8 Å². The van der Waals surface area contributed by atoms with Crippen LogP contribution in [0, 0.1) is 13.8 Å². The van der Waals surface area contributed by atoms with Crippen LogP contribution in [0.1, 0.15) is 37.6 Å². The first-order chi connectivity index (χ1) is 15.9. The third-order valence-electron chi connectivity index (χ3n) is 5.76. The Balaban J connectivity index is 1.78. The smallest absolute Gasteiger partial charge is 0.416 e. The summed E-state index contributed by atoms with van der Waals surface area (Å²) >= 11 is 3.06. The van der Waals surface area contributed by atoms with Gasteiger partial charge in [0.1, 0.15) is 5.75 Å². The Morgan fingerprint density at radius 3 is 1.56 bits per heavy atom. The standard InChI is InChI=1S/C25H16F6OS2/c1-13-11-19-21(33-13)22-20(12-14(2)34-22)32-23(19,15-3-7-17(8-4-15)24(26,27)28)16-5-9-18(10-6-16)25(29,30)31/h3-12H,1-2H3. The maximum Gasteiger partial charge on any atom is 0.416 e. The van der Waals surface area contributed by atoms with Gasteiger partial charge in [-0.05, 0) is 50.2 Å². The zero-order chi connectivity index (χ0) is 24.5. The van der Waals surface area contributed by atoms with E-state index in [0.29, 0.717) is 22.4 Å². The van der Waals surface area contributed by atoms with Crippen molar-refractivity contribution in [2.24, 2.45) is 0 Å². The second-order valence-electron chi connectivity index (χ2n) is 8.08. The largest absolute Gasteiger partial charge is 0.471 e. The van der Waals surface area contributed by atoms with Crippen molar-refractivity contribution in [1.82, 2.24) is 0 Å². The average molecular weight is 511 g/mol. The van der Waals surface area contributed by atoms with E-state index >= 15 is 0 Å². The van der Waals surface area contributed by atoms with E-state index in [1.54, 1.807) is 0 Å². The van der Waals surface area contributed by atoms with Gasteiger partial charge in [-0.3, -0.25) is 0 Å². The van der Waals surface area contributed by atoms with E-state index in [9.17, 15) is 26.3 Å². The number of alkyl halides is 6. The van der Waals surface area contributed by atoms with Crippen LogP contribution in [0.4, 0.5) is 26.3 Å². The first-order valence-electron chi connectivity index (χ1n) is 10.2. The maximum atomic E-state index is 13.2. The molecule has 5 rings (SSSR count).